The molecule has 0 spiro atoms. The van der Waals surface area contributed by atoms with Crippen LogP contribution in [0.15, 0.2) is 65.7 Å². The fourth-order valence-electron chi connectivity index (χ4n) is 3.65. The van der Waals surface area contributed by atoms with E-state index in [4.69, 9.17) is 4.98 Å². The number of pyridine rings is 1. The van der Waals surface area contributed by atoms with Crippen LogP contribution in [0.3, 0.4) is 0 Å². The lowest BCUT2D eigenvalue weighted by atomic mass is 9.97. The first kappa shape index (κ1) is 17.5. The maximum Gasteiger partial charge on any atom is 0.255 e. The van der Waals surface area contributed by atoms with Crippen molar-refractivity contribution in [1.29, 1.82) is 0 Å². The Morgan fingerprint density at radius 3 is 2.63 bits per heavy atom. The second kappa shape index (κ2) is 7.74. The van der Waals surface area contributed by atoms with E-state index in [2.05, 4.69) is 41.1 Å². The summed E-state index contributed by atoms with van der Waals surface area (Å²) in [6, 6.07) is 16.0. The average molecular weight is 360 g/mol. The van der Waals surface area contributed by atoms with Gasteiger partial charge in [0.05, 0.1) is 5.69 Å². The highest BCUT2D eigenvalue weighted by atomic mass is 16.1. The molecule has 0 fully saturated rings. The van der Waals surface area contributed by atoms with Crippen molar-refractivity contribution < 1.29 is 0 Å². The standard InChI is InChI=1S/C22H24N4O/c1-17(18-6-3-2-4-7-18)10-15-25-13-5-14-26-21(27)16-20(24-22(25)26)19-8-11-23-12-9-19/h2-4,6-9,11-12,16-17H,5,10,13-15H2,1H3. The highest BCUT2D eigenvalue weighted by Crippen LogP contribution is 2.24. The third-order valence-electron chi connectivity index (χ3n) is 5.26. The smallest absolute Gasteiger partial charge is 0.255 e. The quantitative estimate of drug-likeness (QED) is 0.696. The molecule has 0 aliphatic carbocycles. The minimum atomic E-state index is 0.0209. The maximum atomic E-state index is 12.6. The molecular weight excluding hydrogens is 336 g/mol. The number of nitrogens with zero attached hydrogens (tertiary/aromatic N) is 4. The van der Waals surface area contributed by atoms with E-state index in [1.165, 1.54) is 5.56 Å². The first-order valence-corrected chi connectivity index (χ1v) is 9.54. The molecule has 0 bridgehead atoms. The lowest BCUT2D eigenvalue weighted by Crippen LogP contribution is -2.39. The van der Waals surface area contributed by atoms with Crippen molar-refractivity contribution >= 4 is 5.95 Å². The van der Waals surface area contributed by atoms with E-state index in [1.807, 2.05) is 18.2 Å². The van der Waals surface area contributed by atoms with E-state index in [0.29, 0.717) is 5.92 Å². The molecule has 1 aliphatic heterocycles. The lowest BCUT2D eigenvalue weighted by molar-refractivity contribution is 0.517. The SMILES string of the molecule is CC(CCN1CCCn2c1nc(-c1ccncc1)cc2=O)c1ccccc1. The maximum absolute atomic E-state index is 12.6. The first-order valence-electron chi connectivity index (χ1n) is 9.54. The van der Waals surface area contributed by atoms with Gasteiger partial charge < -0.3 is 4.90 Å². The summed E-state index contributed by atoms with van der Waals surface area (Å²) in [5.74, 6) is 1.26. The van der Waals surface area contributed by atoms with E-state index in [9.17, 15) is 4.79 Å². The van der Waals surface area contributed by atoms with Crippen LogP contribution in [0.5, 0.6) is 0 Å². The molecule has 0 amide bonds. The number of fused-ring (bicyclic) bond motifs is 1. The molecule has 0 saturated carbocycles. The molecule has 2 aromatic heterocycles. The minimum Gasteiger partial charge on any atom is -0.342 e. The van der Waals surface area contributed by atoms with E-state index < -0.39 is 0 Å². The molecule has 0 N–H and O–H groups in total. The predicted molar refractivity (Wildman–Crippen MR) is 108 cm³/mol. The molecule has 4 rings (SSSR count). The number of hydrogen-bond acceptors (Lipinski definition) is 4. The van der Waals surface area contributed by atoms with Gasteiger partial charge in [0.1, 0.15) is 0 Å². The van der Waals surface area contributed by atoms with Crippen LogP contribution < -0.4 is 10.5 Å². The van der Waals surface area contributed by atoms with Crippen LogP contribution in [-0.2, 0) is 6.54 Å². The average Bonchev–Trinajstić information content (AvgIpc) is 2.73. The number of anilines is 1. The van der Waals surface area contributed by atoms with Crippen molar-refractivity contribution in [3.8, 4) is 11.3 Å². The Balaban J connectivity index is 1.58. The highest BCUT2D eigenvalue weighted by molar-refractivity contribution is 5.59. The molecular formula is C22H24N4O. The Morgan fingerprint density at radius 2 is 1.85 bits per heavy atom. The van der Waals surface area contributed by atoms with E-state index in [0.717, 1.165) is 49.7 Å². The third-order valence-corrected chi connectivity index (χ3v) is 5.26. The summed E-state index contributed by atoms with van der Waals surface area (Å²) in [5, 5.41) is 0. The fraction of sp³-hybridized carbons (Fsp3) is 0.318. The Labute approximate surface area is 159 Å². The Bertz CT molecular complexity index is 953. The van der Waals surface area contributed by atoms with Gasteiger partial charge in [-0.05, 0) is 36.5 Å². The number of rotatable bonds is 5. The molecule has 1 aromatic carbocycles. The molecule has 5 heteroatoms. The predicted octanol–water partition coefficient (Wildman–Crippen LogP) is 3.71. The Kier molecular flexibility index (Phi) is 5.01. The molecule has 0 radical (unpaired) electrons. The van der Waals surface area contributed by atoms with Gasteiger partial charge >= 0.3 is 0 Å². The highest BCUT2D eigenvalue weighted by Gasteiger charge is 2.21. The summed E-state index contributed by atoms with van der Waals surface area (Å²) in [6.07, 6.45) is 5.46. The Hall–Kier alpha value is -2.95. The van der Waals surface area contributed by atoms with Gasteiger partial charge in [-0.25, -0.2) is 4.98 Å². The van der Waals surface area contributed by atoms with Gasteiger partial charge in [0.25, 0.3) is 5.56 Å². The summed E-state index contributed by atoms with van der Waals surface area (Å²) in [6.45, 7) is 4.83. The second-order valence-electron chi connectivity index (χ2n) is 7.11. The van der Waals surface area contributed by atoms with Gasteiger partial charge in [0.15, 0.2) is 0 Å². The van der Waals surface area contributed by atoms with E-state index in [1.54, 1.807) is 23.0 Å². The van der Waals surface area contributed by atoms with Crippen LogP contribution in [-0.4, -0.2) is 27.6 Å². The van der Waals surface area contributed by atoms with Gasteiger partial charge in [-0.3, -0.25) is 14.3 Å². The number of hydrogen-bond donors (Lipinski definition) is 0. The molecule has 1 aliphatic rings. The van der Waals surface area contributed by atoms with Crippen molar-refractivity contribution in [2.45, 2.75) is 32.2 Å². The summed E-state index contributed by atoms with van der Waals surface area (Å²) < 4.78 is 1.81. The molecule has 5 nitrogen and oxygen atoms in total. The van der Waals surface area contributed by atoms with Gasteiger partial charge in [-0.1, -0.05) is 37.3 Å². The molecule has 3 heterocycles. The zero-order valence-corrected chi connectivity index (χ0v) is 15.6. The lowest BCUT2D eigenvalue weighted by Gasteiger charge is -2.31. The van der Waals surface area contributed by atoms with Crippen LogP contribution in [0.4, 0.5) is 5.95 Å². The van der Waals surface area contributed by atoms with E-state index >= 15 is 0 Å². The van der Waals surface area contributed by atoms with Crippen LogP contribution in [0.2, 0.25) is 0 Å². The van der Waals surface area contributed by atoms with Crippen molar-refractivity contribution in [3.63, 3.8) is 0 Å². The van der Waals surface area contributed by atoms with Gasteiger partial charge in [-0.2, -0.15) is 0 Å². The number of aromatic nitrogens is 3. The zero-order valence-electron chi connectivity index (χ0n) is 15.6. The van der Waals surface area contributed by atoms with Crippen LogP contribution in [0.1, 0.15) is 31.2 Å². The second-order valence-corrected chi connectivity index (χ2v) is 7.11. The molecule has 0 saturated heterocycles. The van der Waals surface area contributed by atoms with Gasteiger partial charge in [0, 0.05) is 43.7 Å². The van der Waals surface area contributed by atoms with Crippen LogP contribution in [0, 0.1) is 0 Å². The zero-order chi connectivity index (χ0) is 18.6. The topological polar surface area (TPSA) is 51.0 Å². The molecule has 27 heavy (non-hydrogen) atoms. The van der Waals surface area contributed by atoms with Crippen LogP contribution >= 0.6 is 0 Å². The van der Waals surface area contributed by atoms with Crippen LogP contribution in [0.25, 0.3) is 11.3 Å². The number of benzene rings is 1. The monoisotopic (exact) mass is 360 g/mol. The summed E-state index contributed by atoms with van der Waals surface area (Å²) >= 11 is 0. The van der Waals surface area contributed by atoms with Gasteiger partial charge in [0.2, 0.25) is 5.95 Å². The molecule has 138 valence electrons. The van der Waals surface area contributed by atoms with Crippen molar-refractivity contribution in [2.24, 2.45) is 0 Å². The molecule has 3 aromatic rings. The fourth-order valence-corrected chi connectivity index (χ4v) is 3.65. The first-order chi connectivity index (χ1) is 13.2. The summed E-state index contributed by atoms with van der Waals surface area (Å²) in [4.78, 5) is 23.8. The normalized spacial score (nSPS) is 14.6. The van der Waals surface area contributed by atoms with Crippen molar-refractivity contribution in [1.82, 2.24) is 14.5 Å². The third kappa shape index (κ3) is 3.77. The molecule has 1 atom stereocenters. The Morgan fingerprint density at radius 1 is 1.07 bits per heavy atom. The minimum absolute atomic E-state index is 0.0209. The van der Waals surface area contributed by atoms with E-state index in [-0.39, 0.29) is 5.56 Å². The summed E-state index contributed by atoms with van der Waals surface area (Å²) in [5.41, 5.74) is 3.02. The molecule has 1 unspecified atom stereocenters. The van der Waals surface area contributed by atoms with Gasteiger partial charge in [-0.15, -0.1) is 0 Å². The van der Waals surface area contributed by atoms with Crippen molar-refractivity contribution in [3.05, 3.63) is 76.8 Å². The van der Waals surface area contributed by atoms with Crippen molar-refractivity contribution in [2.75, 3.05) is 18.0 Å². The largest absolute Gasteiger partial charge is 0.342 e. The summed E-state index contributed by atoms with van der Waals surface area (Å²) in [7, 11) is 0.